The van der Waals surface area contributed by atoms with E-state index in [2.05, 4.69) is 30.9 Å². The summed E-state index contributed by atoms with van der Waals surface area (Å²) >= 11 is 9.40. The Morgan fingerprint density at radius 2 is 1.96 bits per heavy atom. The number of nitrogens with zero attached hydrogens (tertiary/aromatic N) is 2. The van der Waals surface area contributed by atoms with E-state index in [1.807, 2.05) is 49.4 Å². The Morgan fingerprint density at radius 1 is 1.15 bits per heavy atom. The molecule has 0 unspecified atom stereocenters. The number of nitrogens with one attached hydrogen (secondary N) is 1. The van der Waals surface area contributed by atoms with Crippen LogP contribution in [0.15, 0.2) is 64.1 Å². The average Bonchev–Trinajstić information content (AvgIpc) is 3.08. The third-order valence-corrected chi connectivity index (χ3v) is 5.02. The molecule has 0 radical (unpaired) electrons. The maximum atomic E-state index is 10.1. The Morgan fingerprint density at radius 3 is 2.78 bits per heavy atom. The van der Waals surface area contributed by atoms with Gasteiger partial charge in [0, 0.05) is 21.8 Å². The fourth-order valence-electron chi connectivity index (χ4n) is 2.81. The Labute approximate surface area is 169 Å². The van der Waals surface area contributed by atoms with Gasteiger partial charge in [0.25, 0.3) is 0 Å². The molecule has 4 rings (SSSR count). The van der Waals surface area contributed by atoms with Crippen molar-refractivity contribution in [3.8, 4) is 17.1 Å². The van der Waals surface area contributed by atoms with Crippen LogP contribution in [0.2, 0.25) is 5.02 Å². The second-order valence-corrected chi connectivity index (χ2v) is 7.51. The predicted molar refractivity (Wildman–Crippen MR) is 114 cm³/mol. The van der Waals surface area contributed by atoms with Crippen LogP contribution >= 0.6 is 27.5 Å². The van der Waals surface area contributed by atoms with Crippen LogP contribution in [0.5, 0.6) is 5.75 Å². The van der Waals surface area contributed by atoms with Gasteiger partial charge in [0.05, 0.1) is 21.7 Å². The summed E-state index contributed by atoms with van der Waals surface area (Å²) in [4.78, 5) is 12.5. The zero-order valence-corrected chi connectivity index (χ0v) is 16.7. The number of hydrogen-bond donors (Lipinski definition) is 2. The van der Waals surface area contributed by atoms with Crippen LogP contribution in [-0.4, -0.2) is 21.3 Å². The van der Waals surface area contributed by atoms with E-state index < -0.39 is 0 Å². The third kappa shape index (κ3) is 3.61. The van der Waals surface area contributed by atoms with Gasteiger partial charge in [-0.05, 0) is 42.8 Å². The van der Waals surface area contributed by atoms with Crippen LogP contribution in [0, 0.1) is 6.92 Å². The molecule has 0 amide bonds. The van der Waals surface area contributed by atoms with Crippen molar-refractivity contribution in [3.05, 3.63) is 75.2 Å². The molecule has 4 nitrogen and oxygen atoms in total. The molecule has 2 N–H and O–H groups in total. The maximum absolute atomic E-state index is 10.1. The van der Waals surface area contributed by atoms with Gasteiger partial charge in [0.2, 0.25) is 0 Å². The highest BCUT2D eigenvalue weighted by atomic mass is 79.9. The number of aryl methyl sites for hydroxylation is 1. The van der Waals surface area contributed by atoms with E-state index >= 15 is 0 Å². The maximum Gasteiger partial charge on any atom is 0.143 e. The van der Waals surface area contributed by atoms with Crippen molar-refractivity contribution in [2.45, 2.75) is 6.92 Å². The highest BCUT2D eigenvalue weighted by Crippen LogP contribution is 2.31. The van der Waals surface area contributed by atoms with Crippen molar-refractivity contribution in [2.24, 2.45) is 4.99 Å². The first-order valence-corrected chi connectivity index (χ1v) is 9.46. The summed E-state index contributed by atoms with van der Waals surface area (Å²) in [5.41, 5.74) is 5.22. The van der Waals surface area contributed by atoms with Crippen molar-refractivity contribution < 1.29 is 5.11 Å². The summed E-state index contributed by atoms with van der Waals surface area (Å²) in [5.74, 6) is 0.802. The summed E-state index contributed by atoms with van der Waals surface area (Å²) in [6.07, 6.45) is 1.61. The highest BCUT2D eigenvalue weighted by Gasteiger charge is 2.08. The van der Waals surface area contributed by atoms with Crippen molar-refractivity contribution >= 4 is 50.5 Å². The van der Waals surface area contributed by atoms with E-state index in [9.17, 15) is 5.11 Å². The van der Waals surface area contributed by atoms with Gasteiger partial charge in [0.1, 0.15) is 11.6 Å². The van der Waals surface area contributed by atoms with Crippen molar-refractivity contribution in [1.29, 1.82) is 0 Å². The molecule has 0 aliphatic heterocycles. The number of fused-ring (bicyclic) bond motifs is 1. The molecule has 0 aliphatic rings. The molecule has 0 saturated carbocycles. The summed E-state index contributed by atoms with van der Waals surface area (Å²) < 4.78 is 0.777. The van der Waals surface area contributed by atoms with Crippen LogP contribution in [0.25, 0.3) is 22.4 Å². The van der Waals surface area contributed by atoms with Gasteiger partial charge in [-0.15, -0.1) is 0 Å². The molecule has 27 heavy (non-hydrogen) atoms. The van der Waals surface area contributed by atoms with Gasteiger partial charge >= 0.3 is 0 Å². The molecule has 1 heterocycles. The number of H-pyrrole nitrogens is 1. The largest absolute Gasteiger partial charge is 0.506 e. The number of rotatable bonds is 3. The number of hydrogen-bond acceptors (Lipinski definition) is 3. The second kappa shape index (κ2) is 7.18. The molecule has 0 saturated heterocycles. The normalized spacial score (nSPS) is 11.5. The van der Waals surface area contributed by atoms with E-state index in [-0.39, 0.29) is 10.8 Å². The molecule has 0 fully saturated rings. The predicted octanol–water partition coefficient (Wildman–Crippen LogP) is 6.41. The molecule has 134 valence electrons. The topological polar surface area (TPSA) is 61.3 Å². The fourth-order valence-corrected chi connectivity index (χ4v) is 3.64. The Bertz CT molecular complexity index is 1150. The molecule has 0 spiro atoms. The lowest BCUT2D eigenvalue weighted by atomic mass is 10.1. The smallest absolute Gasteiger partial charge is 0.143 e. The van der Waals surface area contributed by atoms with Gasteiger partial charge in [-0.25, -0.2) is 4.98 Å². The molecular formula is C21H15BrClN3O. The summed E-state index contributed by atoms with van der Waals surface area (Å²) in [6.45, 7) is 1.99. The van der Waals surface area contributed by atoms with E-state index in [4.69, 9.17) is 11.6 Å². The van der Waals surface area contributed by atoms with Crippen LogP contribution in [0.4, 0.5) is 5.69 Å². The molecule has 4 aromatic rings. The number of phenolic OH excluding ortho intramolecular Hbond substituents is 1. The van der Waals surface area contributed by atoms with Crippen molar-refractivity contribution in [1.82, 2.24) is 9.97 Å². The van der Waals surface area contributed by atoms with E-state index in [0.717, 1.165) is 38.1 Å². The molecule has 0 bridgehead atoms. The number of aromatic hydroxyl groups is 1. The number of halogens is 2. The second-order valence-electron chi connectivity index (χ2n) is 6.19. The Kier molecular flexibility index (Phi) is 4.72. The molecule has 6 heteroatoms. The van der Waals surface area contributed by atoms with Gasteiger partial charge in [0.15, 0.2) is 0 Å². The number of imidazole rings is 1. The number of aromatic nitrogens is 2. The Hall–Kier alpha value is -2.63. The first kappa shape index (κ1) is 17.8. The quantitative estimate of drug-likeness (QED) is 0.362. The average molecular weight is 441 g/mol. The van der Waals surface area contributed by atoms with Crippen LogP contribution in [0.1, 0.15) is 11.1 Å². The lowest BCUT2D eigenvalue weighted by molar-refractivity contribution is 0.474. The lowest BCUT2D eigenvalue weighted by Gasteiger charge is -2.05. The minimum atomic E-state index is 0.00899. The molecule has 0 atom stereocenters. The number of benzene rings is 3. The van der Waals surface area contributed by atoms with E-state index in [1.54, 1.807) is 18.3 Å². The van der Waals surface area contributed by atoms with Crippen LogP contribution in [0.3, 0.4) is 0 Å². The number of aliphatic imine (C=N–C) groups is 1. The monoisotopic (exact) mass is 439 g/mol. The minimum Gasteiger partial charge on any atom is -0.506 e. The van der Waals surface area contributed by atoms with Crippen LogP contribution in [-0.2, 0) is 0 Å². The van der Waals surface area contributed by atoms with Gasteiger partial charge < -0.3 is 10.1 Å². The van der Waals surface area contributed by atoms with E-state index in [0.29, 0.717) is 5.56 Å². The Balaban J connectivity index is 1.73. The zero-order valence-electron chi connectivity index (χ0n) is 14.4. The zero-order chi connectivity index (χ0) is 19.0. The first-order valence-electron chi connectivity index (χ1n) is 8.29. The van der Waals surface area contributed by atoms with Gasteiger partial charge in [-0.2, -0.15) is 0 Å². The van der Waals surface area contributed by atoms with Gasteiger partial charge in [-0.1, -0.05) is 51.8 Å². The van der Waals surface area contributed by atoms with Crippen molar-refractivity contribution in [2.75, 3.05) is 0 Å². The highest BCUT2D eigenvalue weighted by molar-refractivity contribution is 9.10. The fraction of sp³-hybridized carbons (Fsp3) is 0.0476. The SMILES string of the molecule is Cc1ccc(-c2nc3ccccc3[nH]2)cc1N=Cc1cc(Br)cc(Cl)c1O. The number of aromatic amines is 1. The first-order chi connectivity index (χ1) is 13.0. The standard InChI is InChI=1S/C21H15BrClN3O/c1-12-6-7-13(21-25-17-4-2-3-5-18(17)26-21)9-19(12)24-11-14-8-15(22)10-16(23)20(14)27/h2-11,27H,1H3,(H,25,26). The molecule has 1 aromatic heterocycles. The molecule has 0 aliphatic carbocycles. The molecule has 3 aromatic carbocycles. The molecular weight excluding hydrogens is 426 g/mol. The van der Waals surface area contributed by atoms with E-state index in [1.165, 1.54) is 0 Å². The number of phenols is 1. The summed E-state index contributed by atoms with van der Waals surface area (Å²) in [5, 5.41) is 10.4. The minimum absolute atomic E-state index is 0.00899. The number of para-hydroxylation sites is 2. The summed E-state index contributed by atoms with van der Waals surface area (Å²) in [7, 11) is 0. The van der Waals surface area contributed by atoms with Crippen LogP contribution < -0.4 is 0 Å². The lowest BCUT2D eigenvalue weighted by Crippen LogP contribution is -1.86. The summed E-state index contributed by atoms with van der Waals surface area (Å²) in [6, 6.07) is 17.3. The van der Waals surface area contributed by atoms with Gasteiger partial charge in [-0.3, -0.25) is 4.99 Å². The van der Waals surface area contributed by atoms with Crippen molar-refractivity contribution in [3.63, 3.8) is 0 Å². The third-order valence-electron chi connectivity index (χ3n) is 4.27.